The SMILES string of the molecule is COc1ccc(-n2c(SCCOc3cccc(Cl)c3)nc3ccccc3c2=O)cc1OC. The number of thioether (sulfide) groups is 1. The summed E-state index contributed by atoms with van der Waals surface area (Å²) in [5.74, 6) is 2.40. The average molecular weight is 469 g/mol. The topological polar surface area (TPSA) is 62.6 Å². The predicted molar refractivity (Wildman–Crippen MR) is 128 cm³/mol. The molecule has 0 amide bonds. The van der Waals surface area contributed by atoms with Crippen LogP contribution in [-0.2, 0) is 0 Å². The molecule has 32 heavy (non-hydrogen) atoms. The highest BCUT2D eigenvalue weighted by Crippen LogP contribution is 2.30. The molecule has 0 radical (unpaired) electrons. The highest BCUT2D eigenvalue weighted by atomic mass is 35.5. The number of hydrogen-bond acceptors (Lipinski definition) is 6. The van der Waals surface area contributed by atoms with Crippen LogP contribution in [0.25, 0.3) is 16.6 Å². The summed E-state index contributed by atoms with van der Waals surface area (Å²) in [4.78, 5) is 18.1. The fourth-order valence-electron chi connectivity index (χ4n) is 3.25. The van der Waals surface area contributed by atoms with Gasteiger partial charge in [0.25, 0.3) is 5.56 Å². The Morgan fingerprint density at radius 2 is 1.78 bits per heavy atom. The van der Waals surface area contributed by atoms with Crippen molar-refractivity contribution in [3.8, 4) is 22.9 Å². The molecule has 0 fully saturated rings. The minimum absolute atomic E-state index is 0.152. The lowest BCUT2D eigenvalue weighted by Crippen LogP contribution is -2.22. The van der Waals surface area contributed by atoms with E-state index in [9.17, 15) is 4.79 Å². The Morgan fingerprint density at radius 1 is 0.969 bits per heavy atom. The van der Waals surface area contributed by atoms with Crippen LogP contribution in [0.3, 0.4) is 0 Å². The maximum atomic E-state index is 13.4. The first kappa shape index (κ1) is 22.0. The van der Waals surface area contributed by atoms with Crippen LogP contribution in [0.15, 0.2) is 76.7 Å². The smallest absolute Gasteiger partial charge is 0.266 e. The van der Waals surface area contributed by atoms with Crippen LogP contribution in [0.4, 0.5) is 0 Å². The van der Waals surface area contributed by atoms with Crippen molar-refractivity contribution in [2.45, 2.75) is 5.16 Å². The molecule has 4 aromatic rings. The van der Waals surface area contributed by atoms with Crippen molar-refractivity contribution in [1.82, 2.24) is 9.55 Å². The number of methoxy groups -OCH3 is 2. The third-order valence-electron chi connectivity index (χ3n) is 4.75. The fourth-order valence-corrected chi connectivity index (χ4v) is 4.26. The summed E-state index contributed by atoms with van der Waals surface area (Å²) >= 11 is 7.45. The number of ether oxygens (including phenoxy) is 3. The molecule has 0 N–H and O–H groups in total. The first-order valence-corrected chi connectivity index (χ1v) is 11.2. The second kappa shape index (κ2) is 9.97. The van der Waals surface area contributed by atoms with E-state index < -0.39 is 0 Å². The lowest BCUT2D eigenvalue weighted by molar-refractivity contribution is 0.344. The molecule has 0 aliphatic heterocycles. The number of hydrogen-bond donors (Lipinski definition) is 0. The molecule has 0 saturated heterocycles. The lowest BCUT2D eigenvalue weighted by Gasteiger charge is -2.15. The minimum Gasteiger partial charge on any atom is -0.493 e. The monoisotopic (exact) mass is 468 g/mol. The fraction of sp³-hybridized carbons (Fsp3) is 0.167. The Morgan fingerprint density at radius 3 is 2.56 bits per heavy atom. The van der Waals surface area contributed by atoms with Gasteiger partial charge in [-0.25, -0.2) is 4.98 Å². The van der Waals surface area contributed by atoms with E-state index in [1.54, 1.807) is 49.1 Å². The largest absolute Gasteiger partial charge is 0.493 e. The Balaban J connectivity index is 1.67. The molecule has 0 unspecified atom stereocenters. The molecular formula is C24H21ClN2O4S. The molecule has 1 aromatic heterocycles. The molecule has 0 spiro atoms. The van der Waals surface area contributed by atoms with Gasteiger partial charge in [-0.3, -0.25) is 9.36 Å². The van der Waals surface area contributed by atoms with Gasteiger partial charge in [-0.15, -0.1) is 0 Å². The van der Waals surface area contributed by atoms with Crippen molar-refractivity contribution >= 4 is 34.3 Å². The Bertz CT molecular complexity index is 1310. The van der Waals surface area contributed by atoms with Crippen LogP contribution in [0, 0.1) is 0 Å². The van der Waals surface area contributed by atoms with Gasteiger partial charge >= 0.3 is 0 Å². The van der Waals surface area contributed by atoms with Crippen LogP contribution in [0.5, 0.6) is 17.2 Å². The first-order valence-electron chi connectivity index (χ1n) is 9.86. The number of aromatic nitrogens is 2. The molecule has 4 rings (SSSR count). The Kier molecular flexibility index (Phi) is 6.87. The molecule has 3 aromatic carbocycles. The molecule has 0 saturated carbocycles. The van der Waals surface area contributed by atoms with Gasteiger partial charge in [0.2, 0.25) is 0 Å². The van der Waals surface area contributed by atoms with Gasteiger partial charge < -0.3 is 14.2 Å². The van der Waals surface area contributed by atoms with Crippen molar-refractivity contribution < 1.29 is 14.2 Å². The average Bonchev–Trinajstić information content (AvgIpc) is 2.81. The van der Waals surface area contributed by atoms with Gasteiger partial charge in [0.15, 0.2) is 16.7 Å². The zero-order valence-corrected chi connectivity index (χ0v) is 19.2. The van der Waals surface area contributed by atoms with Crippen molar-refractivity contribution in [2.75, 3.05) is 26.6 Å². The molecule has 0 bridgehead atoms. The van der Waals surface area contributed by atoms with E-state index >= 15 is 0 Å². The van der Waals surface area contributed by atoms with Crippen LogP contribution in [0.1, 0.15) is 0 Å². The summed E-state index contributed by atoms with van der Waals surface area (Å²) in [7, 11) is 3.13. The summed E-state index contributed by atoms with van der Waals surface area (Å²) < 4.78 is 18.1. The number of benzene rings is 3. The summed E-state index contributed by atoms with van der Waals surface area (Å²) in [5.41, 5.74) is 1.14. The zero-order valence-electron chi connectivity index (χ0n) is 17.6. The molecule has 164 valence electrons. The molecule has 0 aliphatic carbocycles. The summed E-state index contributed by atoms with van der Waals surface area (Å²) in [6.45, 7) is 0.430. The lowest BCUT2D eigenvalue weighted by atomic mass is 10.2. The summed E-state index contributed by atoms with van der Waals surface area (Å²) in [6, 6.07) is 19.9. The van der Waals surface area contributed by atoms with Crippen molar-refractivity contribution in [1.29, 1.82) is 0 Å². The molecule has 1 heterocycles. The Hall–Kier alpha value is -3.16. The van der Waals surface area contributed by atoms with Crippen molar-refractivity contribution in [3.63, 3.8) is 0 Å². The maximum absolute atomic E-state index is 13.4. The van der Waals surface area contributed by atoms with E-state index in [-0.39, 0.29) is 5.56 Å². The number of nitrogens with zero attached hydrogens (tertiary/aromatic N) is 2. The molecule has 0 atom stereocenters. The van der Waals surface area contributed by atoms with Gasteiger partial charge in [-0.2, -0.15) is 0 Å². The van der Waals surface area contributed by atoms with E-state index in [2.05, 4.69) is 0 Å². The van der Waals surface area contributed by atoms with Crippen LogP contribution >= 0.6 is 23.4 Å². The van der Waals surface area contributed by atoms with Gasteiger partial charge in [-0.1, -0.05) is 41.6 Å². The molecule has 6 nitrogen and oxygen atoms in total. The standard InChI is InChI=1S/C24H21ClN2O4S/c1-29-21-11-10-17(15-22(21)30-2)27-23(28)19-8-3-4-9-20(19)26-24(27)32-13-12-31-18-7-5-6-16(25)14-18/h3-11,14-15H,12-13H2,1-2H3. The highest BCUT2D eigenvalue weighted by molar-refractivity contribution is 7.99. The quantitative estimate of drug-likeness (QED) is 0.200. The zero-order chi connectivity index (χ0) is 22.5. The normalized spacial score (nSPS) is 10.8. The molecule has 0 aliphatic rings. The van der Waals surface area contributed by atoms with Gasteiger partial charge in [0.05, 0.1) is 37.4 Å². The van der Waals surface area contributed by atoms with E-state index in [4.69, 9.17) is 30.8 Å². The third kappa shape index (κ3) is 4.69. The van der Waals surface area contributed by atoms with Gasteiger partial charge in [0.1, 0.15) is 5.75 Å². The van der Waals surface area contributed by atoms with Crippen molar-refractivity contribution in [3.05, 3.63) is 82.1 Å². The van der Waals surface area contributed by atoms with Crippen LogP contribution in [-0.4, -0.2) is 36.1 Å². The Labute approximate surface area is 194 Å². The number of rotatable bonds is 8. The second-order valence-corrected chi connectivity index (χ2v) is 8.24. The van der Waals surface area contributed by atoms with E-state index in [0.717, 1.165) is 0 Å². The van der Waals surface area contributed by atoms with Crippen LogP contribution in [0.2, 0.25) is 5.02 Å². The first-order chi connectivity index (χ1) is 15.6. The number of halogens is 1. The number of para-hydroxylation sites is 1. The maximum Gasteiger partial charge on any atom is 0.266 e. The van der Waals surface area contributed by atoms with Crippen molar-refractivity contribution in [2.24, 2.45) is 0 Å². The number of fused-ring (bicyclic) bond motifs is 1. The van der Waals surface area contributed by atoms with Crippen LogP contribution < -0.4 is 19.8 Å². The third-order valence-corrected chi connectivity index (χ3v) is 5.89. The van der Waals surface area contributed by atoms with Gasteiger partial charge in [0, 0.05) is 16.8 Å². The predicted octanol–water partition coefficient (Wildman–Crippen LogP) is 5.23. The minimum atomic E-state index is -0.152. The van der Waals surface area contributed by atoms with E-state index in [1.807, 2.05) is 36.4 Å². The second-order valence-electron chi connectivity index (χ2n) is 6.75. The van der Waals surface area contributed by atoms with E-state index in [1.165, 1.54) is 11.8 Å². The van der Waals surface area contributed by atoms with E-state index in [0.29, 0.717) is 56.4 Å². The molecular weight excluding hydrogens is 448 g/mol. The highest BCUT2D eigenvalue weighted by Gasteiger charge is 2.15. The summed E-state index contributed by atoms with van der Waals surface area (Å²) in [5, 5.41) is 1.73. The van der Waals surface area contributed by atoms with Gasteiger partial charge in [-0.05, 0) is 42.5 Å². The summed E-state index contributed by atoms with van der Waals surface area (Å²) in [6.07, 6.45) is 0. The molecule has 8 heteroatoms.